The van der Waals surface area contributed by atoms with Crippen molar-refractivity contribution in [2.45, 2.75) is 63.2 Å². The fraction of sp³-hybridized carbons (Fsp3) is 0.400. The van der Waals surface area contributed by atoms with Crippen LogP contribution in [0.3, 0.4) is 0 Å². The van der Waals surface area contributed by atoms with Crippen molar-refractivity contribution in [2.75, 3.05) is 11.5 Å². The lowest BCUT2D eigenvalue weighted by atomic mass is 9.94. The number of hydrogen-bond donors (Lipinski definition) is 2. The zero-order valence-corrected chi connectivity index (χ0v) is 21.8. The second-order valence-electron chi connectivity index (χ2n) is 9.56. The van der Waals surface area contributed by atoms with E-state index in [1.165, 1.54) is 11.1 Å². The molecule has 0 aliphatic carbocycles. The molecule has 0 aliphatic heterocycles. The van der Waals surface area contributed by atoms with Crippen LogP contribution in [-0.2, 0) is 24.0 Å². The van der Waals surface area contributed by atoms with E-state index in [1.54, 1.807) is 12.7 Å². The van der Waals surface area contributed by atoms with Crippen LogP contribution in [0.4, 0.5) is 0 Å². The molecule has 0 aliphatic rings. The second-order valence-corrected chi connectivity index (χ2v) is 11.3. The van der Waals surface area contributed by atoms with E-state index in [4.69, 9.17) is 0 Å². The molecular formula is C30H38N4OS. The van der Waals surface area contributed by atoms with Crippen LogP contribution < -0.4 is 0 Å². The highest BCUT2D eigenvalue weighted by Gasteiger charge is 2.20. The van der Waals surface area contributed by atoms with Crippen molar-refractivity contribution >= 4 is 11.2 Å². The van der Waals surface area contributed by atoms with E-state index in [0.29, 0.717) is 11.8 Å². The molecule has 2 aromatic heterocycles. The maximum Gasteiger partial charge on any atom is 0.106 e. The van der Waals surface area contributed by atoms with E-state index >= 15 is 0 Å². The number of aromatic amines is 2. The van der Waals surface area contributed by atoms with Crippen LogP contribution in [0.2, 0.25) is 0 Å². The Morgan fingerprint density at radius 1 is 0.639 bits per heavy atom. The van der Waals surface area contributed by atoms with Gasteiger partial charge in [0.05, 0.1) is 24.0 Å². The number of H-pyrrole nitrogens is 2. The fourth-order valence-corrected chi connectivity index (χ4v) is 6.21. The summed E-state index contributed by atoms with van der Waals surface area (Å²) in [6, 6.07) is 21.3. The van der Waals surface area contributed by atoms with Gasteiger partial charge in [0.2, 0.25) is 0 Å². The maximum absolute atomic E-state index is 13.0. The van der Waals surface area contributed by atoms with Crippen molar-refractivity contribution in [1.29, 1.82) is 0 Å². The Kier molecular flexibility index (Phi) is 10.7. The Balaban J connectivity index is 1.23. The molecule has 4 rings (SSSR count). The molecule has 0 spiro atoms. The van der Waals surface area contributed by atoms with Crippen LogP contribution in [-0.4, -0.2) is 36.0 Å². The minimum Gasteiger partial charge on any atom is -0.616 e. The van der Waals surface area contributed by atoms with Gasteiger partial charge < -0.3 is 14.5 Å². The molecule has 0 bridgehead atoms. The topological polar surface area (TPSA) is 80.4 Å². The van der Waals surface area contributed by atoms with Gasteiger partial charge in [-0.25, -0.2) is 9.97 Å². The average Bonchev–Trinajstić information content (AvgIpc) is 3.64. The highest BCUT2D eigenvalue weighted by Crippen LogP contribution is 2.27. The first-order valence-corrected chi connectivity index (χ1v) is 14.7. The molecule has 2 heterocycles. The molecule has 5 nitrogen and oxygen atoms in total. The Hall–Kier alpha value is -2.83. The molecule has 4 aromatic rings. The van der Waals surface area contributed by atoms with Crippen LogP contribution in [0, 0.1) is 0 Å². The number of nitrogens with zero attached hydrogens (tertiary/aromatic N) is 2. The molecule has 2 N–H and O–H groups in total. The zero-order chi connectivity index (χ0) is 24.8. The third-order valence-corrected chi connectivity index (χ3v) is 8.37. The summed E-state index contributed by atoms with van der Waals surface area (Å²) in [5.74, 6) is 2.13. The summed E-state index contributed by atoms with van der Waals surface area (Å²) in [7, 11) is 0. The Morgan fingerprint density at radius 3 is 1.47 bits per heavy atom. The normalized spacial score (nSPS) is 13.9. The standard InChI is InChI=1S/C30H38N4OS/c35-36(19-17-27(29-21-31-23-33-29)15-7-13-25-9-3-1-4-10-25)20-18-28(30-22-32-24-34-30)16-8-14-26-11-5-2-6-12-26/h1-6,9-12,21-24,27-28H,7-8,13-20H2,(H,31,33)(H,32,34). The minimum atomic E-state index is -0.843. The summed E-state index contributed by atoms with van der Waals surface area (Å²) in [5.41, 5.74) is 4.93. The van der Waals surface area contributed by atoms with E-state index in [9.17, 15) is 4.55 Å². The molecule has 0 amide bonds. The molecule has 36 heavy (non-hydrogen) atoms. The first kappa shape index (κ1) is 26.2. The van der Waals surface area contributed by atoms with Crippen molar-refractivity contribution in [2.24, 2.45) is 0 Å². The Bertz CT molecular complexity index is 983. The number of rotatable bonds is 16. The third-order valence-electron chi connectivity index (χ3n) is 6.98. The van der Waals surface area contributed by atoms with E-state index in [2.05, 4.69) is 80.6 Å². The summed E-state index contributed by atoms with van der Waals surface area (Å²) >= 11 is -0.843. The summed E-state index contributed by atoms with van der Waals surface area (Å²) in [6.07, 6.45) is 15.8. The van der Waals surface area contributed by atoms with Crippen LogP contribution >= 0.6 is 0 Å². The van der Waals surface area contributed by atoms with Gasteiger partial charge in [0.25, 0.3) is 0 Å². The van der Waals surface area contributed by atoms with Gasteiger partial charge in [-0.1, -0.05) is 71.8 Å². The van der Waals surface area contributed by atoms with E-state index in [0.717, 1.165) is 74.3 Å². The maximum atomic E-state index is 13.0. The highest BCUT2D eigenvalue weighted by atomic mass is 32.2. The first-order valence-electron chi connectivity index (χ1n) is 13.2. The van der Waals surface area contributed by atoms with Crippen LogP contribution in [0.5, 0.6) is 0 Å². The monoisotopic (exact) mass is 502 g/mol. The lowest BCUT2D eigenvalue weighted by Gasteiger charge is -2.19. The number of benzene rings is 2. The molecule has 2 atom stereocenters. The Labute approximate surface area is 218 Å². The Morgan fingerprint density at radius 2 is 1.08 bits per heavy atom. The number of nitrogens with one attached hydrogen (secondary N) is 2. The molecule has 0 saturated heterocycles. The SMILES string of the molecule is [O-][S+](CCC(CCCc1ccccc1)c1c[nH]cn1)CCC(CCCc1ccccc1)c1c[nH]cn1. The predicted molar refractivity (Wildman–Crippen MR) is 149 cm³/mol. The number of aromatic nitrogens is 4. The van der Waals surface area contributed by atoms with Crippen LogP contribution in [0.15, 0.2) is 85.7 Å². The molecule has 190 valence electrons. The molecule has 0 fully saturated rings. The number of hydrogen-bond acceptors (Lipinski definition) is 3. The summed E-state index contributed by atoms with van der Waals surface area (Å²) in [5, 5.41) is 0. The minimum absolute atomic E-state index is 0.344. The van der Waals surface area contributed by atoms with Gasteiger partial charge in [0.15, 0.2) is 0 Å². The summed E-state index contributed by atoms with van der Waals surface area (Å²) < 4.78 is 13.0. The van der Waals surface area contributed by atoms with Gasteiger partial charge in [0, 0.05) is 37.1 Å². The predicted octanol–water partition coefficient (Wildman–Crippen LogP) is 6.57. The van der Waals surface area contributed by atoms with E-state index in [-0.39, 0.29) is 0 Å². The highest BCUT2D eigenvalue weighted by molar-refractivity contribution is 7.91. The first-order chi connectivity index (χ1) is 17.8. The largest absolute Gasteiger partial charge is 0.616 e. The van der Waals surface area contributed by atoms with Gasteiger partial charge in [-0.2, -0.15) is 0 Å². The summed E-state index contributed by atoms with van der Waals surface area (Å²) in [6.45, 7) is 0. The third kappa shape index (κ3) is 8.68. The van der Waals surface area contributed by atoms with Gasteiger partial charge in [-0.05, 0) is 49.7 Å². The van der Waals surface area contributed by atoms with Crippen molar-refractivity contribution in [3.63, 3.8) is 0 Å². The molecule has 0 radical (unpaired) electrons. The van der Waals surface area contributed by atoms with Crippen molar-refractivity contribution in [3.05, 3.63) is 108 Å². The van der Waals surface area contributed by atoms with Crippen molar-refractivity contribution < 1.29 is 4.55 Å². The smallest absolute Gasteiger partial charge is 0.106 e. The van der Waals surface area contributed by atoms with Crippen LogP contribution in [0.1, 0.15) is 72.9 Å². The van der Waals surface area contributed by atoms with Gasteiger partial charge in [0.1, 0.15) is 11.5 Å². The zero-order valence-electron chi connectivity index (χ0n) is 21.0. The second kappa shape index (κ2) is 14.7. The molecule has 2 unspecified atom stereocenters. The van der Waals surface area contributed by atoms with Gasteiger partial charge >= 0.3 is 0 Å². The fourth-order valence-electron chi connectivity index (χ4n) is 4.91. The molecular weight excluding hydrogens is 464 g/mol. The van der Waals surface area contributed by atoms with Crippen molar-refractivity contribution in [3.8, 4) is 0 Å². The quantitative estimate of drug-likeness (QED) is 0.170. The number of imidazole rings is 2. The molecule has 0 saturated carbocycles. The lowest BCUT2D eigenvalue weighted by Crippen LogP contribution is -2.17. The molecule has 2 aromatic carbocycles. The lowest BCUT2D eigenvalue weighted by molar-refractivity contribution is 0.537. The van der Waals surface area contributed by atoms with Crippen molar-refractivity contribution in [1.82, 2.24) is 19.9 Å². The molecule has 6 heteroatoms. The average molecular weight is 503 g/mol. The van der Waals surface area contributed by atoms with E-state index < -0.39 is 11.2 Å². The summed E-state index contributed by atoms with van der Waals surface area (Å²) in [4.78, 5) is 15.2. The van der Waals surface area contributed by atoms with Gasteiger partial charge in [-0.3, -0.25) is 0 Å². The number of aryl methyl sites for hydroxylation is 2. The van der Waals surface area contributed by atoms with Gasteiger partial charge in [-0.15, -0.1) is 0 Å². The van der Waals surface area contributed by atoms with E-state index in [1.807, 2.05) is 12.4 Å². The van der Waals surface area contributed by atoms with Crippen LogP contribution in [0.25, 0.3) is 0 Å².